The van der Waals surface area contributed by atoms with Crippen LogP contribution in [0.5, 0.6) is 0 Å². The number of alkyl carbamates (subject to hydrolysis) is 1. The highest BCUT2D eigenvalue weighted by Gasteiger charge is 2.23. The van der Waals surface area contributed by atoms with Gasteiger partial charge in [0.25, 0.3) is 0 Å². The van der Waals surface area contributed by atoms with Crippen LogP contribution >= 0.6 is 0 Å². The van der Waals surface area contributed by atoms with E-state index in [1.807, 2.05) is 0 Å². The Morgan fingerprint density at radius 1 is 1.45 bits per heavy atom. The van der Waals surface area contributed by atoms with E-state index in [2.05, 4.69) is 5.32 Å². The minimum atomic E-state index is -1.17. The van der Waals surface area contributed by atoms with Crippen molar-refractivity contribution in [2.45, 2.75) is 45.3 Å². The third kappa shape index (κ3) is 8.47. The van der Waals surface area contributed by atoms with Gasteiger partial charge in [-0.1, -0.05) is 6.08 Å². The van der Waals surface area contributed by atoms with Crippen molar-refractivity contribution >= 4 is 12.1 Å². The summed E-state index contributed by atoms with van der Waals surface area (Å²) in [7, 11) is 0. The summed E-state index contributed by atoms with van der Waals surface area (Å²) < 4.78 is 17.4. The van der Waals surface area contributed by atoms with Crippen LogP contribution < -0.4 is 11.1 Å². The maximum Gasteiger partial charge on any atom is 0.408 e. The normalized spacial score (nSPS) is 13.8. The first kappa shape index (κ1) is 18.4. The molecule has 7 heteroatoms. The third-order valence-corrected chi connectivity index (χ3v) is 2.31. The first-order chi connectivity index (χ1) is 9.19. The summed E-state index contributed by atoms with van der Waals surface area (Å²) in [6, 6.07) is -1.08. The van der Waals surface area contributed by atoms with Crippen LogP contribution in [0.1, 0.15) is 33.6 Å². The number of amides is 1. The highest BCUT2D eigenvalue weighted by molar-refractivity contribution is 5.79. The zero-order chi connectivity index (χ0) is 15.8. The Hall–Kier alpha value is -1.63. The Labute approximate surface area is 118 Å². The number of ether oxygens (including phenoxy) is 1. The SMILES string of the molecule is CC(C)(C)OC(=O)N[C@@H](CC/C=C(/CN)CF)C(=O)O. The number of carboxylic acid groups (broad SMARTS) is 1. The molecule has 20 heavy (non-hydrogen) atoms. The van der Waals surface area contributed by atoms with Gasteiger partial charge in [0.1, 0.15) is 18.3 Å². The second-order valence-corrected chi connectivity index (χ2v) is 5.31. The van der Waals surface area contributed by atoms with E-state index in [1.165, 1.54) is 0 Å². The van der Waals surface area contributed by atoms with Gasteiger partial charge in [0.2, 0.25) is 0 Å². The fraction of sp³-hybridized carbons (Fsp3) is 0.692. The number of carboxylic acids is 1. The van der Waals surface area contributed by atoms with E-state index in [4.69, 9.17) is 15.6 Å². The molecule has 0 saturated carbocycles. The lowest BCUT2D eigenvalue weighted by atomic mass is 10.1. The van der Waals surface area contributed by atoms with Gasteiger partial charge in [-0.2, -0.15) is 0 Å². The zero-order valence-electron chi connectivity index (χ0n) is 12.1. The highest BCUT2D eigenvalue weighted by Crippen LogP contribution is 2.08. The number of carbonyl (C=O) groups excluding carboxylic acids is 1. The lowest BCUT2D eigenvalue weighted by molar-refractivity contribution is -0.139. The Morgan fingerprint density at radius 2 is 2.05 bits per heavy atom. The van der Waals surface area contributed by atoms with E-state index in [1.54, 1.807) is 26.8 Å². The van der Waals surface area contributed by atoms with E-state index >= 15 is 0 Å². The van der Waals surface area contributed by atoms with Crippen LogP contribution in [-0.4, -0.2) is 42.0 Å². The molecule has 4 N–H and O–H groups in total. The van der Waals surface area contributed by atoms with Crippen LogP contribution in [0.2, 0.25) is 0 Å². The van der Waals surface area contributed by atoms with Gasteiger partial charge in [-0.25, -0.2) is 14.0 Å². The van der Waals surface area contributed by atoms with Gasteiger partial charge in [0.15, 0.2) is 0 Å². The predicted molar refractivity (Wildman–Crippen MR) is 73.1 cm³/mol. The number of allylic oxidation sites excluding steroid dienone is 1. The van der Waals surface area contributed by atoms with Crippen molar-refractivity contribution in [3.8, 4) is 0 Å². The van der Waals surface area contributed by atoms with E-state index in [9.17, 15) is 14.0 Å². The summed E-state index contributed by atoms with van der Waals surface area (Å²) in [6.07, 6.45) is 1.20. The molecule has 0 bridgehead atoms. The smallest absolute Gasteiger partial charge is 0.408 e. The fourth-order valence-corrected chi connectivity index (χ4v) is 1.35. The molecule has 116 valence electrons. The quantitative estimate of drug-likeness (QED) is 0.618. The topological polar surface area (TPSA) is 102 Å². The average molecular weight is 290 g/mol. The molecular weight excluding hydrogens is 267 g/mol. The Balaban J connectivity index is 4.42. The molecule has 0 radical (unpaired) electrons. The molecule has 1 atom stereocenters. The van der Waals surface area contributed by atoms with Crippen LogP contribution in [-0.2, 0) is 9.53 Å². The molecule has 0 rings (SSSR count). The number of alkyl halides is 1. The van der Waals surface area contributed by atoms with Gasteiger partial charge in [-0.15, -0.1) is 0 Å². The lowest BCUT2D eigenvalue weighted by Crippen LogP contribution is -2.43. The average Bonchev–Trinajstić information content (AvgIpc) is 2.30. The van der Waals surface area contributed by atoms with Crippen LogP contribution in [0.15, 0.2) is 11.6 Å². The van der Waals surface area contributed by atoms with Gasteiger partial charge in [-0.05, 0) is 39.2 Å². The second kappa shape index (κ2) is 8.52. The standard InChI is InChI=1S/C13H23FN2O4/c1-13(2,3)20-12(19)16-10(11(17)18)6-4-5-9(7-14)8-15/h5,10H,4,6-8,15H2,1-3H3,(H,16,19)(H,17,18)/b9-5+/t10-/m0/s1. The number of hydrogen-bond donors (Lipinski definition) is 3. The number of hydrogen-bond acceptors (Lipinski definition) is 4. The van der Waals surface area contributed by atoms with Crippen molar-refractivity contribution in [1.29, 1.82) is 0 Å². The van der Waals surface area contributed by atoms with Crippen LogP contribution in [0.3, 0.4) is 0 Å². The van der Waals surface area contributed by atoms with Crippen LogP contribution in [0, 0.1) is 0 Å². The minimum absolute atomic E-state index is 0.0910. The van der Waals surface area contributed by atoms with E-state index in [0.717, 1.165) is 0 Å². The molecule has 0 aliphatic rings. The third-order valence-electron chi connectivity index (χ3n) is 2.31. The number of aliphatic carboxylic acids is 1. The molecule has 0 aliphatic heterocycles. The molecule has 0 aromatic rings. The lowest BCUT2D eigenvalue weighted by Gasteiger charge is -2.21. The maximum absolute atomic E-state index is 12.4. The maximum atomic E-state index is 12.4. The Kier molecular flexibility index (Phi) is 7.83. The molecule has 6 nitrogen and oxygen atoms in total. The van der Waals surface area contributed by atoms with Gasteiger partial charge in [0.05, 0.1) is 0 Å². The number of nitrogens with one attached hydrogen (secondary N) is 1. The van der Waals surface area contributed by atoms with Gasteiger partial charge in [-0.3, -0.25) is 0 Å². The summed E-state index contributed by atoms with van der Waals surface area (Å²) in [5.41, 5.74) is 5.00. The van der Waals surface area contributed by atoms with E-state index < -0.39 is 30.4 Å². The van der Waals surface area contributed by atoms with Crippen molar-refractivity contribution in [2.75, 3.05) is 13.2 Å². The van der Waals surface area contributed by atoms with E-state index in [-0.39, 0.29) is 13.0 Å². The summed E-state index contributed by atoms with van der Waals surface area (Å²) in [6.45, 7) is 4.47. The molecule has 0 heterocycles. The van der Waals surface area contributed by atoms with Crippen molar-refractivity contribution in [3.05, 3.63) is 11.6 Å². The van der Waals surface area contributed by atoms with Crippen LogP contribution in [0.25, 0.3) is 0 Å². The summed E-state index contributed by atoms with van der Waals surface area (Å²) in [5, 5.41) is 11.3. The summed E-state index contributed by atoms with van der Waals surface area (Å²) in [5.74, 6) is -1.17. The van der Waals surface area contributed by atoms with Gasteiger partial charge in [0, 0.05) is 6.54 Å². The Morgan fingerprint density at radius 3 is 2.45 bits per heavy atom. The molecule has 1 amide bonds. The highest BCUT2D eigenvalue weighted by atomic mass is 19.1. The number of nitrogens with two attached hydrogens (primary N) is 1. The molecule has 0 aromatic carbocycles. The van der Waals surface area contributed by atoms with Crippen molar-refractivity contribution < 1.29 is 23.8 Å². The monoisotopic (exact) mass is 290 g/mol. The molecule has 0 saturated heterocycles. The van der Waals surface area contributed by atoms with Crippen molar-refractivity contribution in [1.82, 2.24) is 5.32 Å². The molecular formula is C13H23FN2O4. The number of halogens is 1. The number of carbonyl (C=O) groups is 2. The first-order valence-corrected chi connectivity index (χ1v) is 6.36. The molecule has 0 aromatic heterocycles. The summed E-state index contributed by atoms with van der Waals surface area (Å²) >= 11 is 0. The number of rotatable bonds is 7. The van der Waals surface area contributed by atoms with Gasteiger partial charge < -0.3 is 20.9 Å². The molecule has 0 unspecified atom stereocenters. The minimum Gasteiger partial charge on any atom is -0.480 e. The Bertz CT molecular complexity index is 358. The van der Waals surface area contributed by atoms with E-state index in [0.29, 0.717) is 12.0 Å². The van der Waals surface area contributed by atoms with Gasteiger partial charge >= 0.3 is 12.1 Å². The second-order valence-electron chi connectivity index (χ2n) is 5.31. The summed E-state index contributed by atoms with van der Waals surface area (Å²) in [4.78, 5) is 22.5. The fourth-order valence-electron chi connectivity index (χ4n) is 1.35. The van der Waals surface area contributed by atoms with Crippen molar-refractivity contribution in [2.24, 2.45) is 5.73 Å². The first-order valence-electron chi connectivity index (χ1n) is 6.36. The zero-order valence-corrected chi connectivity index (χ0v) is 12.1. The predicted octanol–water partition coefficient (Wildman–Crippen LogP) is 1.60. The van der Waals surface area contributed by atoms with Crippen molar-refractivity contribution in [3.63, 3.8) is 0 Å². The molecule has 0 aliphatic carbocycles. The van der Waals surface area contributed by atoms with Crippen LogP contribution in [0.4, 0.5) is 9.18 Å². The molecule has 0 spiro atoms. The molecule has 0 fully saturated rings. The largest absolute Gasteiger partial charge is 0.480 e.